The minimum atomic E-state index is -0.414. The predicted octanol–water partition coefficient (Wildman–Crippen LogP) is 2.66. The van der Waals surface area contributed by atoms with Crippen LogP contribution in [0.25, 0.3) is 0 Å². The monoisotopic (exact) mass is 326 g/mol. The fourth-order valence-electron chi connectivity index (χ4n) is 2.87. The topological polar surface area (TPSA) is 49.4 Å². The van der Waals surface area contributed by atoms with E-state index < -0.39 is 6.04 Å². The molecule has 21 heavy (non-hydrogen) atoms. The van der Waals surface area contributed by atoms with Crippen LogP contribution in [0.5, 0.6) is 0 Å². The van der Waals surface area contributed by atoms with Gasteiger partial charge in [0.2, 0.25) is 11.8 Å². The molecule has 6 heteroatoms. The molecule has 3 rings (SSSR count). The summed E-state index contributed by atoms with van der Waals surface area (Å²) in [5.41, 5.74) is 0. The van der Waals surface area contributed by atoms with Gasteiger partial charge in [-0.25, -0.2) is 0 Å². The van der Waals surface area contributed by atoms with E-state index in [-0.39, 0.29) is 23.8 Å². The molecule has 1 aliphatic carbocycles. The van der Waals surface area contributed by atoms with Gasteiger partial charge in [-0.3, -0.25) is 9.59 Å². The second kappa shape index (κ2) is 5.61. The largest absolute Gasteiger partial charge is 0.342 e. The number of thiophene rings is 1. The number of amides is 2. The second-order valence-corrected chi connectivity index (χ2v) is 7.98. The summed E-state index contributed by atoms with van der Waals surface area (Å²) in [5, 5.41) is 2.91. The number of piperazine rings is 1. The molecular weight excluding hydrogens is 308 g/mol. The Morgan fingerprint density at radius 3 is 2.62 bits per heavy atom. The fraction of sp³-hybridized carbons (Fsp3) is 0.600. The highest BCUT2D eigenvalue weighted by Crippen LogP contribution is 2.38. The predicted molar refractivity (Wildman–Crippen MR) is 83.2 cm³/mol. The van der Waals surface area contributed by atoms with Crippen molar-refractivity contribution < 1.29 is 9.59 Å². The van der Waals surface area contributed by atoms with Crippen LogP contribution in [0, 0.1) is 11.8 Å². The quantitative estimate of drug-likeness (QED) is 0.924. The Morgan fingerprint density at radius 1 is 1.38 bits per heavy atom. The summed E-state index contributed by atoms with van der Waals surface area (Å²) in [6, 6.07) is 3.04. The summed E-state index contributed by atoms with van der Waals surface area (Å²) in [7, 11) is 0. The first-order valence-corrected chi connectivity index (χ1v) is 8.52. The summed E-state index contributed by atoms with van der Waals surface area (Å²) in [6.07, 6.45) is 2.05. The maximum atomic E-state index is 12.7. The Hall–Kier alpha value is -1.07. The molecule has 4 nitrogen and oxygen atoms in total. The number of carbonyl (C=O) groups excluding carboxylic acids is 2. The van der Waals surface area contributed by atoms with Gasteiger partial charge in [0.05, 0.1) is 10.9 Å². The highest BCUT2D eigenvalue weighted by molar-refractivity contribution is 7.16. The number of carbonyl (C=O) groups is 2. The van der Waals surface area contributed by atoms with E-state index in [1.807, 2.05) is 26.0 Å². The Morgan fingerprint density at radius 2 is 2.10 bits per heavy atom. The van der Waals surface area contributed by atoms with Crippen LogP contribution in [0.1, 0.15) is 31.6 Å². The average molecular weight is 327 g/mol. The third-order valence-electron chi connectivity index (χ3n) is 4.14. The van der Waals surface area contributed by atoms with Gasteiger partial charge in [-0.05, 0) is 36.8 Å². The van der Waals surface area contributed by atoms with Crippen molar-refractivity contribution in [1.29, 1.82) is 0 Å². The molecule has 1 saturated carbocycles. The van der Waals surface area contributed by atoms with Crippen molar-refractivity contribution >= 4 is 34.8 Å². The molecule has 0 aromatic carbocycles. The molecule has 2 unspecified atom stereocenters. The van der Waals surface area contributed by atoms with Crippen LogP contribution in [0.3, 0.4) is 0 Å². The highest BCUT2D eigenvalue weighted by Gasteiger charge is 2.48. The van der Waals surface area contributed by atoms with Gasteiger partial charge in [-0.15, -0.1) is 11.3 Å². The summed E-state index contributed by atoms with van der Waals surface area (Å²) in [5.74, 6) is 0.443. The lowest BCUT2D eigenvalue weighted by Crippen LogP contribution is -2.64. The fourth-order valence-corrected chi connectivity index (χ4v) is 3.96. The first-order chi connectivity index (χ1) is 9.97. The van der Waals surface area contributed by atoms with Gasteiger partial charge in [-0.1, -0.05) is 25.4 Å². The third kappa shape index (κ3) is 2.94. The van der Waals surface area contributed by atoms with Crippen molar-refractivity contribution in [3.63, 3.8) is 0 Å². The first kappa shape index (κ1) is 14.9. The van der Waals surface area contributed by atoms with Gasteiger partial charge in [0.15, 0.2) is 0 Å². The summed E-state index contributed by atoms with van der Waals surface area (Å²) >= 11 is 7.44. The van der Waals surface area contributed by atoms with Crippen LogP contribution in [-0.2, 0) is 16.1 Å². The lowest BCUT2D eigenvalue weighted by molar-refractivity contribution is -0.152. The second-order valence-electron chi connectivity index (χ2n) is 6.18. The molecule has 114 valence electrons. The zero-order valence-corrected chi connectivity index (χ0v) is 13.7. The number of nitrogens with one attached hydrogen (secondary N) is 1. The Kier molecular flexibility index (Phi) is 3.97. The van der Waals surface area contributed by atoms with Crippen molar-refractivity contribution in [2.24, 2.45) is 11.8 Å². The van der Waals surface area contributed by atoms with Crippen molar-refractivity contribution in [1.82, 2.24) is 10.2 Å². The molecule has 2 atom stereocenters. The summed E-state index contributed by atoms with van der Waals surface area (Å²) in [6.45, 7) is 4.40. The van der Waals surface area contributed by atoms with E-state index in [0.29, 0.717) is 16.8 Å². The van der Waals surface area contributed by atoms with Crippen molar-refractivity contribution in [3.05, 3.63) is 21.3 Å². The van der Waals surface area contributed by atoms with Crippen LogP contribution in [0.15, 0.2) is 12.1 Å². The molecule has 0 bridgehead atoms. The summed E-state index contributed by atoms with van der Waals surface area (Å²) < 4.78 is 0.710. The Labute approximate surface area is 133 Å². The molecular formula is C15H19ClN2O2S. The van der Waals surface area contributed by atoms with Gasteiger partial charge in [-0.2, -0.15) is 0 Å². The maximum absolute atomic E-state index is 12.7. The van der Waals surface area contributed by atoms with Crippen LogP contribution < -0.4 is 5.32 Å². The third-order valence-corrected chi connectivity index (χ3v) is 5.36. The van der Waals surface area contributed by atoms with Gasteiger partial charge in [0, 0.05) is 4.88 Å². The molecule has 1 aromatic rings. The van der Waals surface area contributed by atoms with E-state index in [4.69, 9.17) is 11.6 Å². The lowest BCUT2D eigenvalue weighted by atomic mass is 9.96. The molecule has 2 heterocycles. The van der Waals surface area contributed by atoms with E-state index in [1.165, 1.54) is 11.3 Å². The van der Waals surface area contributed by atoms with E-state index in [0.717, 1.165) is 17.7 Å². The van der Waals surface area contributed by atoms with Gasteiger partial charge in [0.25, 0.3) is 0 Å². The first-order valence-electron chi connectivity index (χ1n) is 7.32. The van der Waals surface area contributed by atoms with E-state index in [1.54, 1.807) is 4.90 Å². The van der Waals surface area contributed by atoms with Crippen LogP contribution >= 0.6 is 22.9 Å². The van der Waals surface area contributed by atoms with Crippen LogP contribution in [0.2, 0.25) is 4.34 Å². The van der Waals surface area contributed by atoms with Crippen LogP contribution in [0.4, 0.5) is 0 Å². The zero-order valence-electron chi connectivity index (χ0n) is 12.1. The minimum Gasteiger partial charge on any atom is -0.342 e. The van der Waals surface area contributed by atoms with Gasteiger partial charge in [0.1, 0.15) is 12.1 Å². The molecule has 2 aliphatic rings. The van der Waals surface area contributed by atoms with E-state index in [9.17, 15) is 9.59 Å². The standard InChI is InChI=1S/C15H19ClN2O2S/c1-8(2)12-15(20)18(7-10-5-6-11(16)21-10)13(9-3-4-9)14(19)17-12/h5-6,8-9,12-13H,3-4,7H2,1-2H3,(H,17,19). The van der Waals surface area contributed by atoms with Crippen molar-refractivity contribution in [2.75, 3.05) is 0 Å². The number of halogens is 1. The Bertz CT molecular complexity index is 568. The number of rotatable bonds is 4. The maximum Gasteiger partial charge on any atom is 0.246 e. The highest BCUT2D eigenvalue weighted by atomic mass is 35.5. The smallest absolute Gasteiger partial charge is 0.246 e. The number of hydrogen-bond donors (Lipinski definition) is 1. The molecule has 1 aromatic heterocycles. The lowest BCUT2D eigenvalue weighted by Gasteiger charge is -2.40. The molecule has 0 radical (unpaired) electrons. The van der Waals surface area contributed by atoms with E-state index in [2.05, 4.69) is 5.32 Å². The number of nitrogens with zero attached hydrogens (tertiary/aromatic N) is 1. The van der Waals surface area contributed by atoms with Crippen molar-refractivity contribution in [2.45, 2.75) is 45.3 Å². The SMILES string of the molecule is CC(C)C1NC(=O)C(C2CC2)N(Cc2ccc(Cl)s2)C1=O. The summed E-state index contributed by atoms with van der Waals surface area (Å²) in [4.78, 5) is 28.0. The number of hydrogen-bond acceptors (Lipinski definition) is 3. The molecule has 2 amide bonds. The molecule has 0 spiro atoms. The van der Waals surface area contributed by atoms with Crippen LogP contribution in [-0.4, -0.2) is 28.8 Å². The minimum absolute atomic E-state index is 0.00143. The van der Waals surface area contributed by atoms with Gasteiger partial charge >= 0.3 is 0 Å². The molecule has 2 fully saturated rings. The average Bonchev–Trinajstić information content (AvgIpc) is 3.16. The normalized spacial score (nSPS) is 26.4. The van der Waals surface area contributed by atoms with Crippen molar-refractivity contribution in [3.8, 4) is 0 Å². The Balaban J connectivity index is 1.86. The molecule has 1 N–H and O–H groups in total. The molecule has 1 saturated heterocycles. The molecule has 1 aliphatic heterocycles. The zero-order chi connectivity index (χ0) is 15.1. The van der Waals surface area contributed by atoms with Gasteiger partial charge < -0.3 is 10.2 Å². The van der Waals surface area contributed by atoms with E-state index >= 15 is 0 Å².